The number of benzene rings is 2. The minimum Gasteiger partial charge on any atom is -0.384 e. The topological polar surface area (TPSA) is 125 Å². The number of nitrogens with two attached hydrogens (primary N) is 1. The van der Waals surface area contributed by atoms with Crippen LogP contribution in [0.5, 0.6) is 0 Å². The van der Waals surface area contributed by atoms with Gasteiger partial charge in [-0.3, -0.25) is 14.5 Å². The van der Waals surface area contributed by atoms with Gasteiger partial charge in [0.15, 0.2) is 10.1 Å². The van der Waals surface area contributed by atoms with Crippen LogP contribution in [0.3, 0.4) is 0 Å². The highest BCUT2D eigenvalue weighted by molar-refractivity contribution is 8.01. The monoisotopic (exact) mass is 600 g/mol. The van der Waals surface area contributed by atoms with Crippen molar-refractivity contribution >= 4 is 68.8 Å². The second-order valence-corrected chi connectivity index (χ2v) is 11.7. The van der Waals surface area contributed by atoms with Gasteiger partial charge in [0.25, 0.3) is 0 Å². The van der Waals surface area contributed by atoms with Gasteiger partial charge in [0.05, 0.1) is 23.3 Å². The summed E-state index contributed by atoms with van der Waals surface area (Å²) in [6, 6.07) is 13.0. The fraction of sp³-hybridized carbons (Fsp3) is 0.192. The SMILES string of the molecule is N#CC1=C(N)N(c2nnc(SCC(=O)Nc3ccc(Cl)cc3)s2)C2=C(C(=O)CCC2)C1c1c(F)cccc1Cl. The maximum absolute atomic E-state index is 15.0. The standard InChI is InChI=1S/C26H19Cl2FN6O2S2/c27-13-7-9-14(10-8-13)32-20(37)12-38-26-34-33-25(39-26)35-18-5-2-6-19(36)23(18)21(15(11-30)24(35)31)22-16(28)3-1-4-17(22)29/h1,3-4,7-10,21H,2,5-6,12,31H2,(H,32,37). The zero-order valence-electron chi connectivity index (χ0n) is 20.1. The van der Waals surface area contributed by atoms with Gasteiger partial charge in [0, 0.05) is 39.0 Å². The normalized spacial score (nSPS) is 17.2. The first-order valence-electron chi connectivity index (χ1n) is 11.7. The van der Waals surface area contributed by atoms with E-state index >= 15 is 4.39 Å². The lowest BCUT2D eigenvalue weighted by atomic mass is 9.75. The predicted octanol–water partition coefficient (Wildman–Crippen LogP) is 6.02. The first-order chi connectivity index (χ1) is 18.8. The van der Waals surface area contributed by atoms with Gasteiger partial charge in [-0.2, -0.15) is 5.26 Å². The zero-order valence-corrected chi connectivity index (χ0v) is 23.2. The number of hydrogen-bond acceptors (Lipinski definition) is 9. The summed E-state index contributed by atoms with van der Waals surface area (Å²) in [4.78, 5) is 27.2. The molecule has 1 atom stereocenters. The number of Topliss-reactive ketones (excluding diaryl/α,β-unsaturated/α-hetero) is 1. The predicted molar refractivity (Wildman–Crippen MR) is 150 cm³/mol. The Morgan fingerprint density at radius 3 is 2.72 bits per heavy atom. The van der Waals surface area contributed by atoms with Gasteiger partial charge in [0.2, 0.25) is 11.0 Å². The van der Waals surface area contributed by atoms with E-state index in [0.29, 0.717) is 38.7 Å². The maximum atomic E-state index is 15.0. The zero-order chi connectivity index (χ0) is 27.7. The highest BCUT2D eigenvalue weighted by Gasteiger charge is 2.42. The average molecular weight is 602 g/mol. The van der Waals surface area contributed by atoms with Gasteiger partial charge in [-0.15, -0.1) is 10.2 Å². The number of aromatic nitrogens is 2. The number of carbonyl (C=O) groups is 2. The van der Waals surface area contributed by atoms with Crippen LogP contribution in [0.2, 0.25) is 10.0 Å². The molecule has 1 aromatic heterocycles. The van der Waals surface area contributed by atoms with Crippen molar-refractivity contribution in [3.63, 3.8) is 0 Å². The number of ketones is 1. The quantitative estimate of drug-likeness (QED) is 0.329. The number of anilines is 2. The number of nitriles is 1. The minimum atomic E-state index is -1.03. The van der Waals surface area contributed by atoms with E-state index in [1.807, 2.05) is 0 Å². The molecule has 3 N–H and O–H groups in total. The molecule has 1 aliphatic heterocycles. The number of hydrogen-bond donors (Lipinski definition) is 2. The Balaban J connectivity index is 1.45. The van der Waals surface area contributed by atoms with Crippen LogP contribution >= 0.6 is 46.3 Å². The number of thioether (sulfide) groups is 1. The summed E-state index contributed by atoms with van der Waals surface area (Å²) in [5.74, 6) is -1.99. The maximum Gasteiger partial charge on any atom is 0.234 e. The van der Waals surface area contributed by atoms with Gasteiger partial charge < -0.3 is 11.1 Å². The van der Waals surface area contributed by atoms with Gasteiger partial charge in [-0.05, 0) is 49.2 Å². The van der Waals surface area contributed by atoms with Crippen LogP contribution in [0.1, 0.15) is 30.7 Å². The molecular formula is C26H19Cl2FN6O2S2. The van der Waals surface area contributed by atoms with Crippen molar-refractivity contribution in [1.82, 2.24) is 10.2 Å². The molecule has 1 unspecified atom stereocenters. The molecule has 1 aliphatic carbocycles. The van der Waals surface area contributed by atoms with E-state index in [0.717, 1.165) is 0 Å². The number of carbonyl (C=O) groups excluding carboxylic acids is 2. The molecule has 0 saturated heterocycles. The number of nitrogens with zero attached hydrogens (tertiary/aromatic N) is 4. The van der Waals surface area contributed by atoms with Crippen molar-refractivity contribution in [1.29, 1.82) is 5.26 Å². The van der Waals surface area contributed by atoms with Gasteiger partial charge in [-0.25, -0.2) is 4.39 Å². The van der Waals surface area contributed by atoms with E-state index in [9.17, 15) is 14.9 Å². The Hall–Kier alpha value is -3.43. The minimum absolute atomic E-state index is 0.00254. The molecule has 0 bridgehead atoms. The summed E-state index contributed by atoms with van der Waals surface area (Å²) in [6.45, 7) is 0. The number of nitrogens with one attached hydrogen (secondary N) is 1. The van der Waals surface area contributed by atoms with Crippen LogP contribution < -0.4 is 16.0 Å². The van der Waals surface area contributed by atoms with Crippen molar-refractivity contribution in [2.24, 2.45) is 5.73 Å². The lowest BCUT2D eigenvalue weighted by molar-refractivity contribution is -0.116. The summed E-state index contributed by atoms with van der Waals surface area (Å²) in [6.07, 6.45) is 1.29. The van der Waals surface area contributed by atoms with Crippen molar-refractivity contribution < 1.29 is 14.0 Å². The second-order valence-electron chi connectivity index (χ2n) is 8.65. The van der Waals surface area contributed by atoms with E-state index in [1.54, 1.807) is 29.2 Å². The third-order valence-electron chi connectivity index (χ3n) is 6.24. The molecule has 2 aromatic carbocycles. The lowest BCUT2D eigenvalue weighted by Crippen LogP contribution is -2.39. The first kappa shape index (κ1) is 27.1. The van der Waals surface area contributed by atoms with E-state index in [-0.39, 0.29) is 51.4 Å². The van der Waals surface area contributed by atoms with Crippen LogP contribution in [-0.2, 0) is 9.59 Å². The van der Waals surface area contributed by atoms with Gasteiger partial charge in [-0.1, -0.05) is 52.4 Å². The van der Waals surface area contributed by atoms with Crippen molar-refractivity contribution in [3.05, 3.63) is 86.6 Å². The number of amides is 1. The third kappa shape index (κ3) is 5.38. The summed E-state index contributed by atoms with van der Waals surface area (Å²) in [5.41, 5.74) is 7.99. The molecule has 3 aromatic rings. The number of allylic oxidation sites excluding steroid dienone is 3. The largest absolute Gasteiger partial charge is 0.384 e. The summed E-state index contributed by atoms with van der Waals surface area (Å²) in [5, 5.41) is 22.3. The molecule has 39 heavy (non-hydrogen) atoms. The van der Waals surface area contributed by atoms with Crippen molar-refractivity contribution in [3.8, 4) is 6.07 Å². The number of rotatable bonds is 6. The Labute approximate surface area is 241 Å². The molecule has 0 saturated carbocycles. The highest BCUT2D eigenvalue weighted by atomic mass is 35.5. The summed E-state index contributed by atoms with van der Waals surface area (Å²) >= 11 is 14.6. The van der Waals surface area contributed by atoms with Crippen LogP contribution in [0.15, 0.2) is 69.5 Å². The molecule has 0 spiro atoms. The van der Waals surface area contributed by atoms with Crippen molar-refractivity contribution in [2.45, 2.75) is 29.5 Å². The van der Waals surface area contributed by atoms with E-state index in [4.69, 9.17) is 28.9 Å². The molecule has 0 radical (unpaired) electrons. The van der Waals surface area contributed by atoms with E-state index in [2.05, 4.69) is 21.6 Å². The van der Waals surface area contributed by atoms with Gasteiger partial charge in [0.1, 0.15) is 11.6 Å². The molecule has 13 heteroatoms. The highest BCUT2D eigenvalue weighted by Crippen LogP contribution is 2.48. The molecule has 8 nitrogen and oxygen atoms in total. The molecular weight excluding hydrogens is 582 g/mol. The van der Waals surface area contributed by atoms with Crippen LogP contribution in [0, 0.1) is 17.1 Å². The average Bonchev–Trinajstić information content (AvgIpc) is 3.37. The Morgan fingerprint density at radius 2 is 2.00 bits per heavy atom. The fourth-order valence-corrected chi connectivity index (χ4v) is 6.67. The number of halogens is 3. The molecule has 1 amide bonds. The van der Waals surface area contributed by atoms with Crippen LogP contribution in [-0.4, -0.2) is 27.6 Å². The Bertz CT molecular complexity index is 1560. The molecule has 2 aliphatic rings. The molecule has 0 fully saturated rings. The summed E-state index contributed by atoms with van der Waals surface area (Å²) < 4.78 is 15.5. The van der Waals surface area contributed by atoms with Gasteiger partial charge >= 0.3 is 0 Å². The molecule has 198 valence electrons. The lowest BCUT2D eigenvalue weighted by Gasteiger charge is -2.38. The second kappa shape index (κ2) is 11.4. The van der Waals surface area contributed by atoms with Crippen LogP contribution in [0.25, 0.3) is 0 Å². The Kier molecular flexibility index (Phi) is 7.91. The van der Waals surface area contributed by atoms with E-state index in [1.165, 1.54) is 41.3 Å². The first-order valence-corrected chi connectivity index (χ1v) is 14.3. The van der Waals surface area contributed by atoms with Crippen molar-refractivity contribution in [2.75, 3.05) is 16.0 Å². The van der Waals surface area contributed by atoms with E-state index < -0.39 is 11.7 Å². The third-order valence-corrected chi connectivity index (χ3v) is 8.87. The fourth-order valence-electron chi connectivity index (χ4n) is 4.59. The van der Waals surface area contributed by atoms with Crippen LogP contribution in [0.4, 0.5) is 15.2 Å². The summed E-state index contributed by atoms with van der Waals surface area (Å²) in [7, 11) is 0. The Morgan fingerprint density at radius 1 is 1.23 bits per heavy atom. The molecule has 2 heterocycles. The smallest absolute Gasteiger partial charge is 0.234 e. The molecule has 5 rings (SSSR count).